The number of anilines is 1. The van der Waals surface area contributed by atoms with Gasteiger partial charge in [0.05, 0.1) is 11.3 Å². The number of nitriles is 1. The van der Waals surface area contributed by atoms with Crippen LogP contribution in [0.1, 0.15) is 28.0 Å². The minimum absolute atomic E-state index is 0.0563. The largest absolute Gasteiger partial charge is 0.354 e. The Labute approximate surface area is 169 Å². The molecule has 0 unspecified atom stereocenters. The molecule has 0 atom stereocenters. The Morgan fingerprint density at radius 2 is 1.97 bits per heavy atom. The first-order valence-electron chi connectivity index (χ1n) is 9.67. The number of aromatic nitrogens is 3. The van der Waals surface area contributed by atoms with Crippen LogP contribution >= 0.6 is 0 Å². The summed E-state index contributed by atoms with van der Waals surface area (Å²) in [5.74, 6) is 0.631. The summed E-state index contributed by atoms with van der Waals surface area (Å²) in [6, 6.07) is 15.6. The summed E-state index contributed by atoms with van der Waals surface area (Å²) in [7, 11) is 0. The second kappa shape index (κ2) is 8.15. The highest BCUT2D eigenvalue weighted by Gasteiger charge is 2.23. The zero-order valence-electron chi connectivity index (χ0n) is 16.3. The lowest BCUT2D eigenvalue weighted by Crippen LogP contribution is -2.35. The predicted molar refractivity (Wildman–Crippen MR) is 110 cm³/mol. The second-order valence-electron chi connectivity index (χ2n) is 7.15. The Hall–Kier alpha value is -3.66. The van der Waals surface area contributed by atoms with Crippen molar-refractivity contribution in [1.29, 1.82) is 5.26 Å². The molecular formula is C22H22N6O. The summed E-state index contributed by atoms with van der Waals surface area (Å²) < 4.78 is 0. The lowest BCUT2D eigenvalue weighted by atomic mass is 10.1. The summed E-state index contributed by atoms with van der Waals surface area (Å²) in [6.07, 6.45) is 2.51. The first kappa shape index (κ1) is 18.7. The number of nitrogens with zero attached hydrogens (tertiary/aromatic N) is 5. The van der Waals surface area contributed by atoms with Crippen molar-refractivity contribution in [2.24, 2.45) is 0 Å². The van der Waals surface area contributed by atoms with Gasteiger partial charge in [0.15, 0.2) is 0 Å². The van der Waals surface area contributed by atoms with Crippen molar-refractivity contribution in [2.45, 2.75) is 13.3 Å². The molecule has 1 amide bonds. The molecule has 3 aromatic rings. The third-order valence-electron chi connectivity index (χ3n) is 5.15. The monoisotopic (exact) mass is 386 g/mol. The molecule has 4 rings (SSSR count). The number of pyridine rings is 1. The van der Waals surface area contributed by atoms with E-state index < -0.39 is 0 Å². The summed E-state index contributed by atoms with van der Waals surface area (Å²) >= 11 is 0. The molecule has 1 N–H and O–H groups in total. The number of aryl methyl sites for hydroxylation is 1. The molecular weight excluding hydrogens is 364 g/mol. The molecule has 3 heterocycles. The van der Waals surface area contributed by atoms with Crippen molar-refractivity contribution >= 4 is 11.7 Å². The van der Waals surface area contributed by atoms with Crippen LogP contribution in [-0.4, -0.2) is 52.2 Å². The molecule has 146 valence electrons. The molecule has 1 aromatic carbocycles. The number of aromatic amines is 1. The van der Waals surface area contributed by atoms with E-state index in [1.807, 2.05) is 42.2 Å². The van der Waals surface area contributed by atoms with E-state index in [9.17, 15) is 10.1 Å². The topological polar surface area (TPSA) is 88.9 Å². The summed E-state index contributed by atoms with van der Waals surface area (Å²) in [4.78, 5) is 21.3. The first-order valence-corrected chi connectivity index (χ1v) is 9.67. The van der Waals surface area contributed by atoms with E-state index in [1.54, 1.807) is 18.3 Å². The van der Waals surface area contributed by atoms with Crippen molar-refractivity contribution in [1.82, 2.24) is 20.1 Å². The number of carbonyl (C=O) groups is 1. The molecule has 1 fully saturated rings. The van der Waals surface area contributed by atoms with E-state index in [-0.39, 0.29) is 5.91 Å². The minimum atomic E-state index is -0.0563. The standard InChI is InChI=1S/C22H22N6O/c1-16-5-7-17(8-6-16)19-14-20(26-25-19)22(29)28-11-3-10-27(12-13-28)21-18(15-23)4-2-9-24-21/h2,4-9,14H,3,10-13H2,1H3,(H,25,26). The third-order valence-corrected chi connectivity index (χ3v) is 5.15. The number of carbonyl (C=O) groups excluding carboxylic acids is 1. The molecule has 0 bridgehead atoms. The van der Waals surface area contributed by atoms with Crippen LogP contribution in [0.4, 0.5) is 5.82 Å². The highest BCUT2D eigenvalue weighted by Crippen LogP contribution is 2.21. The molecule has 0 aliphatic carbocycles. The quantitative estimate of drug-likeness (QED) is 0.747. The van der Waals surface area contributed by atoms with E-state index in [4.69, 9.17) is 0 Å². The number of H-pyrrole nitrogens is 1. The van der Waals surface area contributed by atoms with Crippen LogP contribution in [0, 0.1) is 18.3 Å². The van der Waals surface area contributed by atoms with Crippen molar-refractivity contribution in [2.75, 3.05) is 31.1 Å². The zero-order valence-corrected chi connectivity index (χ0v) is 16.3. The average Bonchev–Trinajstić information content (AvgIpc) is 3.12. The SMILES string of the molecule is Cc1ccc(-c2cc(C(=O)N3CCCN(c4ncccc4C#N)CC3)[nH]n2)cc1. The molecule has 1 aliphatic rings. The number of benzene rings is 1. The fourth-order valence-electron chi connectivity index (χ4n) is 3.54. The summed E-state index contributed by atoms with van der Waals surface area (Å²) in [6.45, 7) is 4.65. The Morgan fingerprint density at radius 3 is 2.76 bits per heavy atom. The van der Waals surface area contributed by atoms with Crippen LogP contribution < -0.4 is 4.90 Å². The van der Waals surface area contributed by atoms with Gasteiger partial charge in [0.2, 0.25) is 0 Å². The maximum absolute atomic E-state index is 13.0. The van der Waals surface area contributed by atoms with E-state index in [0.717, 1.165) is 24.2 Å². The van der Waals surface area contributed by atoms with Gasteiger partial charge in [0.1, 0.15) is 17.6 Å². The number of nitrogens with one attached hydrogen (secondary N) is 1. The van der Waals surface area contributed by atoms with Crippen LogP contribution in [-0.2, 0) is 0 Å². The normalized spacial score (nSPS) is 14.3. The number of rotatable bonds is 3. The number of hydrogen-bond acceptors (Lipinski definition) is 5. The zero-order chi connectivity index (χ0) is 20.2. The average molecular weight is 386 g/mol. The Kier molecular flexibility index (Phi) is 5.25. The Bertz CT molecular complexity index is 1050. The molecule has 0 saturated carbocycles. The van der Waals surface area contributed by atoms with Crippen LogP contribution in [0.5, 0.6) is 0 Å². The Balaban J connectivity index is 1.46. The molecule has 1 aliphatic heterocycles. The highest BCUT2D eigenvalue weighted by atomic mass is 16.2. The van der Waals surface area contributed by atoms with Crippen molar-refractivity contribution < 1.29 is 4.79 Å². The fraction of sp³-hybridized carbons (Fsp3) is 0.273. The van der Waals surface area contributed by atoms with Gasteiger partial charge >= 0.3 is 0 Å². The molecule has 1 saturated heterocycles. The van der Waals surface area contributed by atoms with Gasteiger partial charge in [0, 0.05) is 37.9 Å². The fourth-order valence-corrected chi connectivity index (χ4v) is 3.54. The van der Waals surface area contributed by atoms with Crippen molar-refractivity contribution in [3.63, 3.8) is 0 Å². The molecule has 7 heteroatoms. The summed E-state index contributed by atoms with van der Waals surface area (Å²) in [5.41, 5.74) is 3.97. The minimum Gasteiger partial charge on any atom is -0.354 e. The predicted octanol–water partition coefficient (Wildman–Crippen LogP) is 3.00. The molecule has 7 nitrogen and oxygen atoms in total. The smallest absolute Gasteiger partial charge is 0.271 e. The highest BCUT2D eigenvalue weighted by molar-refractivity contribution is 5.93. The van der Waals surface area contributed by atoms with Crippen LogP contribution in [0.3, 0.4) is 0 Å². The lowest BCUT2D eigenvalue weighted by Gasteiger charge is -2.23. The van der Waals surface area contributed by atoms with Gasteiger partial charge in [-0.25, -0.2) is 4.98 Å². The van der Waals surface area contributed by atoms with Crippen molar-refractivity contribution in [3.8, 4) is 17.3 Å². The van der Waals surface area contributed by atoms with Crippen molar-refractivity contribution in [3.05, 3.63) is 65.5 Å². The first-order chi connectivity index (χ1) is 14.2. The van der Waals surface area contributed by atoms with Gasteiger partial charge in [-0.1, -0.05) is 29.8 Å². The van der Waals surface area contributed by atoms with Gasteiger partial charge in [-0.05, 0) is 31.5 Å². The molecule has 0 radical (unpaired) electrons. The maximum atomic E-state index is 13.0. The van der Waals surface area contributed by atoms with E-state index in [0.29, 0.717) is 36.7 Å². The molecule has 2 aromatic heterocycles. The lowest BCUT2D eigenvalue weighted by molar-refractivity contribution is 0.0761. The molecule has 0 spiro atoms. The number of hydrogen-bond donors (Lipinski definition) is 1. The van der Waals surface area contributed by atoms with Crippen LogP contribution in [0.25, 0.3) is 11.3 Å². The van der Waals surface area contributed by atoms with E-state index in [1.165, 1.54) is 5.56 Å². The summed E-state index contributed by atoms with van der Waals surface area (Å²) in [5, 5.41) is 16.5. The van der Waals surface area contributed by atoms with Crippen LogP contribution in [0.15, 0.2) is 48.7 Å². The molecule has 29 heavy (non-hydrogen) atoms. The van der Waals surface area contributed by atoms with E-state index >= 15 is 0 Å². The van der Waals surface area contributed by atoms with Gasteiger partial charge in [-0.3, -0.25) is 9.89 Å². The number of amides is 1. The van der Waals surface area contributed by atoms with Gasteiger partial charge in [0.25, 0.3) is 5.91 Å². The van der Waals surface area contributed by atoms with E-state index in [2.05, 4.69) is 26.2 Å². The van der Waals surface area contributed by atoms with Gasteiger partial charge in [-0.2, -0.15) is 10.4 Å². The van der Waals surface area contributed by atoms with Gasteiger partial charge < -0.3 is 9.80 Å². The Morgan fingerprint density at radius 1 is 1.14 bits per heavy atom. The third kappa shape index (κ3) is 3.97. The van der Waals surface area contributed by atoms with Gasteiger partial charge in [-0.15, -0.1) is 0 Å². The van der Waals surface area contributed by atoms with Crippen LogP contribution in [0.2, 0.25) is 0 Å². The maximum Gasteiger partial charge on any atom is 0.271 e. The second-order valence-corrected chi connectivity index (χ2v) is 7.15.